The van der Waals surface area contributed by atoms with Crippen molar-refractivity contribution in [1.29, 1.82) is 0 Å². The number of ether oxygens (including phenoxy) is 1. The quantitative estimate of drug-likeness (QED) is 0.663. The summed E-state index contributed by atoms with van der Waals surface area (Å²) < 4.78 is 5.94. The van der Waals surface area contributed by atoms with Gasteiger partial charge in [-0.25, -0.2) is 0 Å². The van der Waals surface area contributed by atoms with Crippen molar-refractivity contribution in [3.63, 3.8) is 0 Å². The monoisotopic (exact) mass is 259 g/mol. The van der Waals surface area contributed by atoms with Crippen LogP contribution < -0.4 is 4.74 Å². The Kier molecular flexibility index (Phi) is 3.72. The number of hydrogen-bond donors (Lipinski definition) is 1. The summed E-state index contributed by atoms with van der Waals surface area (Å²) in [6.45, 7) is 0.847. The van der Waals surface area contributed by atoms with Crippen LogP contribution in [0.25, 0.3) is 0 Å². The summed E-state index contributed by atoms with van der Waals surface area (Å²) in [4.78, 5) is 0. The number of hydrogen-bond acceptors (Lipinski definition) is 3. The van der Waals surface area contributed by atoms with E-state index in [2.05, 4.69) is 11.2 Å². The molecule has 0 unspecified atom stereocenters. The molecule has 1 aromatic carbocycles. The lowest BCUT2D eigenvalue weighted by molar-refractivity contribution is 0.208. The molecule has 3 nitrogen and oxygen atoms in total. The van der Waals surface area contributed by atoms with Crippen LogP contribution in [0, 0.1) is 5.92 Å². The fraction of sp³-hybridized carbons (Fsp3) is 0.562. The highest BCUT2D eigenvalue weighted by Gasteiger charge is 2.19. The van der Waals surface area contributed by atoms with E-state index >= 15 is 0 Å². The molecule has 0 atom stereocenters. The SMILES string of the molecule is O/N=C1/CCc2cc(OCC3CCCCC3)ccc21. The molecule has 0 aromatic heterocycles. The maximum atomic E-state index is 8.91. The van der Waals surface area contributed by atoms with Crippen molar-refractivity contribution in [3.8, 4) is 5.75 Å². The molecule has 102 valence electrons. The highest BCUT2D eigenvalue weighted by atomic mass is 16.5. The summed E-state index contributed by atoms with van der Waals surface area (Å²) >= 11 is 0. The Hall–Kier alpha value is -1.51. The largest absolute Gasteiger partial charge is 0.493 e. The first-order valence-corrected chi connectivity index (χ1v) is 7.34. The third-order valence-corrected chi connectivity index (χ3v) is 4.35. The van der Waals surface area contributed by atoms with E-state index in [1.165, 1.54) is 37.7 Å². The second-order valence-corrected chi connectivity index (χ2v) is 5.68. The zero-order valence-electron chi connectivity index (χ0n) is 11.3. The maximum Gasteiger partial charge on any atom is 0.119 e. The first kappa shape index (κ1) is 12.5. The van der Waals surface area contributed by atoms with Crippen molar-refractivity contribution in [1.82, 2.24) is 0 Å². The summed E-state index contributed by atoms with van der Waals surface area (Å²) in [6.07, 6.45) is 8.51. The van der Waals surface area contributed by atoms with Crippen LogP contribution in [-0.2, 0) is 6.42 Å². The van der Waals surface area contributed by atoms with E-state index in [4.69, 9.17) is 9.94 Å². The topological polar surface area (TPSA) is 41.8 Å². The van der Waals surface area contributed by atoms with Gasteiger partial charge in [-0.1, -0.05) is 24.4 Å². The van der Waals surface area contributed by atoms with Gasteiger partial charge in [-0.05, 0) is 55.4 Å². The van der Waals surface area contributed by atoms with Crippen LogP contribution >= 0.6 is 0 Å². The molecule has 0 saturated heterocycles. The molecule has 1 N–H and O–H groups in total. The van der Waals surface area contributed by atoms with E-state index in [9.17, 15) is 0 Å². The molecule has 0 bridgehead atoms. The summed E-state index contributed by atoms with van der Waals surface area (Å²) in [7, 11) is 0. The van der Waals surface area contributed by atoms with E-state index in [1.807, 2.05) is 12.1 Å². The highest BCUT2D eigenvalue weighted by molar-refractivity contribution is 6.04. The van der Waals surface area contributed by atoms with Crippen molar-refractivity contribution in [2.24, 2.45) is 11.1 Å². The normalized spacial score (nSPS) is 21.6. The zero-order chi connectivity index (χ0) is 13.1. The molecule has 3 rings (SSSR count). The van der Waals surface area contributed by atoms with E-state index < -0.39 is 0 Å². The smallest absolute Gasteiger partial charge is 0.119 e. The molecule has 0 heterocycles. The lowest BCUT2D eigenvalue weighted by Crippen LogP contribution is -2.15. The molecule has 2 aliphatic rings. The summed E-state index contributed by atoms with van der Waals surface area (Å²) in [5, 5.41) is 12.3. The second kappa shape index (κ2) is 5.64. The Morgan fingerprint density at radius 1 is 1.16 bits per heavy atom. The Morgan fingerprint density at radius 2 is 2.00 bits per heavy atom. The first-order chi connectivity index (χ1) is 9.36. The van der Waals surface area contributed by atoms with Crippen LogP contribution in [0.1, 0.15) is 49.7 Å². The Labute approximate surface area is 114 Å². The van der Waals surface area contributed by atoms with Crippen LogP contribution in [0.5, 0.6) is 5.75 Å². The van der Waals surface area contributed by atoms with Crippen molar-refractivity contribution in [2.75, 3.05) is 6.61 Å². The predicted molar refractivity (Wildman–Crippen MR) is 75.2 cm³/mol. The third-order valence-electron chi connectivity index (χ3n) is 4.35. The average Bonchev–Trinajstić information content (AvgIpc) is 2.88. The van der Waals surface area contributed by atoms with Gasteiger partial charge in [0.1, 0.15) is 5.75 Å². The third kappa shape index (κ3) is 2.75. The Bertz CT molecular complexity index is 476. The molecule has 3 heteroatoms. The molecule has 0 amide bonds. The van der Waals surface area contributed by atoms with Crippen molar-refractivity contribution in [3.05, 3.63) is 29.3 Å². The van der Waals surface area contributed by atoms with Crippen molar-refractivity contribution >= 4 is 5.71 Å². The van der Waals surface area contributed by atoms with Gasteiger partial charge in [0.15, 0.2) is 0 Å². The van der Waals surface area contributed by atoms with Gasteiger partial charge in [0.2, 0.25) is 0 Å². The van der Waals surface area contributed by atoms with E-state index in [0.29, 0.717) is 0 Å². The standard InChI is InChI=1S/C16H21NO2/c18-17-16-9-6-13-10-14(7-8-15(13)16)19-11-12-4-2-1-3-5-12/h7-8,10,12,18H,1-6,9,11H2/b17-16-. The number of nitrogens with zero attached hydrogens (tertiary/aromatic N) is 1. The van der Waals surface area contributed by atoms with E-state index in [0.717, 1.165) is 42.4 Å². The van der Waals surface area contributed by atoms with Gasteiger partial charge in [-0.15, -0.1) is 0 Å². The van der Waals surface area contributed by atoms with Crippen molar-refractivity contribution in [2.45, 2.75) is 44.9 Å². The zero-order valence-corrected chi connectivity index (χ0v) is 11.3. The molecule has 2 aliphatic carbocycles. The number of oxime groups is 1. The number of rotatable bonds is 3. The van der Waals surface area contributed by atoms with E-state index in [-0.39, 0.29) is 0 Å². The van der Waals surface area contributed by atoms with Crippen LogP contribution in [0.4, 0.5) is 0 Å². The maximum absolute atomic E-state index is 8.91. The van der Waals surface area contributed by atoms with Crippen LogP contribution in [0.15, 0.2) is 23.4 Å². The molecular weight excluding hydrogens is 238 g/mol. The minimum atomic E-state index is 0.733. The molecule has 1 aromatic rings. The Balaban J connectivity index is 1.63. The van der Waals surface area contributed by atoms with Crippen LogP contribution in [0.3, 0.4) is 0 Å². The molecule has 0 aliphatic heterocycles. The summed E-state index contributed by atoms with van der Waals surface area (Å²) in [5.74, 6) is 1.69. The number of aryl methyl sites for hydroxylation is 1. The highest BCUT2D eigenvalue weighted by Crippen LogP contribution is 2.28. The summed E-state index contributed by atoms with van der Waals surface area (Å²) in [5.41, 5.74) is 3.12. The minimum absolute atomic E-state index is 0.733. The van der Waals surface area contributed by atoms with Crippen LogP contribution in [0.2, 0.25) is 0 Å². The van der Waals surface area contributed by atoms with Crippen LogP contribution in [-0.4, -0.2) is 17.5 Å². The average molecular weight is 259 g/mol. The predicted octanol–water partition coefficient (Wildman–Crippen LogP) is 3.77. The van der Waals surface area contributed by atoms with Gasteiger partial charge in [-0.2, -0.15) is 0 Å². The fourth-order valence-electron chi connectivity index (χ4n) is 3.21. The molecule has 1 fully saturated rings. The van der Waals surface area contributed by atoms with Gasteiger partial charge in [0.25, 0.3) is 0 Å². The minimum Gasteiger partial charge on any atom is -0.493 e. The van der Waals surface area contributed by atoms with E-state index in [1.54, 1.807) is 0 Å². The number of benzene rings is 1. The van der Waals surface area contributed by atoms with Gasteiger partial charge < -0.3 is 9.94 Å². The lowest BCUT2D eigenvalue weighted by atomic mass is 9.90. The van der Waals surface area contributed by atoms with Crippen molar-refractivity contribution < 1.29 is 9.94 Å². The molecule has 0 radical (unpaired) electrons. The lowest BCUT2D eigenvalue weighted by Gasteiger charge is -2.21. The van der Waals surface area contributed by atoms with Gasteiger partial charge >= 0.3 is 0 Å². The first-order valence-electron chi connectivity index (χ1n) is 7.34. The second-order valence-electron chi connectivity index (χ2n) is 5.68. The van der Waals surface area contributed by atoms with Gasteiger partial charge in [-0.3, -0.25) is 0 Å². The molecule has 1 saturated carbocycles. The van der Waals surface area contributed by atoms with Gasteiger partial charge in [0, 0.05) is 5.56 Å². The fourth-order valence-corrected chi connectivity index (χ4v) is 3.21. The Morgan fingerprint density at radius 3 is 2.79 bits per heavy atom. The molecular formula is C16H21NO2. The molecule has 0 spiro atoms. The number of fused-ring (bicyclic) bond motifs is 1. The summed E-state index contributed by atoms with van der Waals surface area (Å²) in [6, 6.07) is 6.13. The van der Waals surface area contributed by atoms with Gasteiger partial charge in [0.05, 0.1) is 12.3 Å². The molecule has 19 heavy (non-hydrogen) atoms.